The first-order valence-electron chi connectivity index (χ1n) is 5.05. The predicted molar refractivity (Wildman–Crippen MR) is 66.1 cm³/mol. The van der Waals surface area contributed by atoms with Crippen molar-refractivity contribution < 1.29 is 14.7 Å². The monoisotopic (exact) mass is 251 g/mol. The molecule has 1 aromatic heterocycles. The second-order valence-electron chi connectivity index (χ2n) is 3.75. The largest absolute Gasteiger partial charge is 0.480 e. The van der Waals surface area contributed by atoms with Gasteiger partial charge in [0.15, 0.2) is 0 Å². The first-order valence-corrected chi connectivity index (χ1v) is 5.87. The fourth-order valence-electron chi connectivity index (χ4n) is 1.14. The van der Waals surface area contributed by atoms with Gasteiger partial charge in [0.1, 0.15) is 5.54 Å². The van der Waals surface area contributed by atoms with Crippen molar-refractivity contribution >= 4 is 23.2 Å². The zero-order valence-electron chi connectivity index (χ0n) is 9.61. The lowest BCUT2D eigenvalue weighted by Gasteiger charge is -2.24. The number of carboxylic acid groups (broad SMARTS) is 1. The molecule has 4 nitrogen and oxygen atoms in total. The first-order chi connectivity index (χ1) is 7.92. The number of carbonyl (C=O) groups is 2. The molecule has 17 heavy (non-hydrogen) atoms. The third-order valence-corrected chi connectivity index (χ3v) is 3.56. The molecule has 1 rings (SSSR count). The maximum atomic E-state index is 11.8. The summed E-state index contributed by atoms with van der Waals surface area (Å²) in [6, 6.07) is 3.25. The van der Waals surface area contributed by atoms with Gasteiger partial charge in [0.2, 0.25) is 0 Å². The van der Waals surface area contributed by atoms with Gasteiger partial charge in [-0.2, -0.15) is 0 Å². The van der Waals surface area contributed by atoms with Gasteiger partial charge in [-0.25, -0.2) is 4.79 Å². The van der Waals surface area contributed by atoms with E-state index < -0.39 is 17.4 Å². The Hall–Kier alpha value is -1.80. The van der Waals surface area contributed by atoms with Gasteiger partial charge >= 0.3 is 5.97 Å². The molecule has 2 N–H and O–H groups in total. The Labute approximate surface area is 104 Å². The highest BCUT2D eigenvalue weighted by atomic mass is 32.1. The van der Waals surface area contributed by atoms with Gasteiger partial charge in [-0.15, -0.1) is 17.8 Å². The maximum Gasteiger partial charge on any atom is 0.329 e. The maximum absolute atomic E-state index is 11.8. The molecule has 0 spiro atoms. The molecule has 1 heterocycles. The average Bonchev–Trinajstić information content (AvgIpc) is 2.77. The van der Waals surface area contributed by atoms with Crippen LogP contribution in [-0.4, -0.2) is 22.5 Å². The van der Waals surface area contributed by atoms with E-state index in [4.69, 9.17) is 11.5 Å². The van der Waals surface area contributed by atoms with Crippen LogP contribution in [0.1, 0.15) is 34.8 Å². The van der Waals surface area contributed by atoms with Crippen LogP contribution in [0.5, 0.6) is 0 Å². The van der Waals surface area contributed by atoms with Crippen LogP contribution in [0, 0.1) is 12.3 Å². The summed E-state index contributed by atoms with van der Waals surface area (Å²) < 4.78 is 0. The second kappa shape index (κ2) is 5.02. The summed E-state index contributed by atoms with van der Waals surface area (Å²) in [7, 11) is 0. The molecule has 5 heteroatoms. The number of nitrogens with one attached hydrogen (secondary N) is 1. The highest BCUT2D eigenvalue weighted by Gasteiger charge is 2.33. The number of amides is 1. The molecule has 1 unspecified atom stereocenters. The van der Waals surface area contributed by atoms with E-state index in [1.54, 1.807) is 19.1 Å². The summed E-state index contributed by atoms with van der Waals surface area (Å²) in [6.45, 7) is 3.18. The lowest BCUT2D eigenvalue weighted by molar-refractivity contribution is -0.143. The molecule has 0 radical (unpaired) electrons. The minimum atomic E-state index is -1.25. The van der Waals surface area contributed by atoms with E-state index in [1.807, 2.05) is 0 Å². The highest BCUT2D eigenvalue weighted by Crippen LogP contribution is 2.17. The standard InChI is InChI=1S/C12H13NO3S/c1-4-8-6-7-9(17-8)10(14)13-12(3,5-2)11(15)16/h1,6-7H,5H2,2-3H3,(H,13,14)(H,15,16). The van der Waals surface area contributed by atoms with E-state index in [2.05, 4.69) is 11.2 Å². The van der Waals surface area contributed by atoms with E-state index >= 15 is 0 Å². The number of hydrogen-bond donors (Lipinski definition) is 2. The van der Waals surface area contributed by atoms with Crippen molar-refractivity contribution in [2.24, 2.45) is 0 Å². The van der Waals surface area contributed by atoms with Crippen LogP contribution in [0.15, 0.2) is 12.1 Å². The van der Waals surface area contributed by atoms with Crippen molar-refractivity contribution in [3.8, 4) is 12.3 Å². The van der Waals surface area contributed by atoms with E-state index in [0.717, 1.165) is 11.3 Å². The van der Waals surface area contributed by atoms with Crippen molar-refractivity contribution in [1.82, 2.24) is 5.32 Å². The summed E-state index contributed by atoms with van der Waals surface area (Å²) >= 11 is 1.16. The molecule has 0 bridgehead atoms. The predicted octanol–water partition coefficient (Wildman–Crippen LogP) is 1.71. The highest BCUT2D eigenvalue weighted by molar-refractivity contribution is 7.14. The van der Waals surface area contributed by atoms with E-state index in [-0.39, 0.29) is 0 Å². The van der Waals surface area contributed by atoms with E-state index in [9.17, 15) is 9.59 Å². The Bertz CT molecular complexity index is 486. The molecule has 1 amide bonds. The third-order valence-electron chi connectivity index (χ3n) is 2.54. The molecule has 1 atom stereocenters. The molecule has 0 aromatic carbocycles. The van der Waals surface area contributed by atoms with Crippen molar-refractivity contribution in [3.05, 3.63) is 21.9 Å². The molecule has 0 saturated carbocycles. The number of terminal acetylenes is 1. The second-order valence-corrected chi connectivity index (χ2v) is 4.84. The Morgan fingerprint density at radius 1 is 1.59 bits per heavy atom. The van der Waals surface area contributed by atoms with Crippen LogP contribution in [-0.2, 0) is 4.79 Å². The topological polar surface area (TPSA) is 66.4 Å². The molecular weight excluding hydrogens is 238 g/mol. The fraction of sp³-hybridized carbons (Fsp3) is 0.333. The number of thiophene rings is 1. The zero-order chi connectivity index (χ0) is 13.1. The molecule has 0 aliphatic carbocycles. The van der Waals surface area contributed by atoms with Crippen molar-refractivity contribution in [1.29, 1.82) is 0 Å². The molecule has 0 saturated heterocycles. The lowest BCUT2D eigenvalue weighted by atomic mass is 9.99. The van der Waals surface area contributed by atoms with Gasteiger partial charge in [-0.3, -0.25) is 4.79 Å². The summed E-state index contributed by atoms with van der Waals surface area (Å²) in [5, 5.41) is 11.5. The van der Waals surface area contributed by atoms with Crippen LogP contribution in [0.25, 0.3) is 0 Å². The molecule has 0 aliphatic heterocycles. The van der Waals surface area contributed by atoms with Crippen molar-refractivity contribution in [2.75, 3.05) is 0 Å². The summed E-state index contributed by atoms with van der Waals surface area (Å²) in [6.07, 6.45) is 5.51. The summed E-state index contributed by atoms with van der Waals surface area (Å²) in [5.74, 6) is 0.957. The van der Waals surface area contributed by atoms with Crippen LogP contribution < -0.4 is 5.32 Å². The molecule has 1 aromatic rings. The van der Waals surface area contributed by atoms with Gasteiger partial charge in [0.25, 0.3) is 5.91 Å². The van der Waals surface area contributed by atoms with E-state index in [1.165, 1.54) is 6.92 Å². The Morgan fingerprint density at radius 3 is 2.65 bits per heavy atom. The third kappa shape index (κ3) is 2.86. The fourth-order valence-corrected chi connectivity index (χ4v) is 1.85. The molecular formula is C12H13NO3S. The number of aliphatic carboxylic acids is 1. The van der Waals surface area contributed by atoms with E-state index in [0.29, 0.717) is 16.2 Å². The molecule has 90 valence electrons. The van der Waals surface area contributed by atoms with Gasteiger partial charge in [0, 0.05) is 0 Å². The minimum absolute atomic E-state index is 0.307. The van der Waals surface area contributed by atoms with Crippen molar-refractivity contribution in [2.45, 2.75) is 25.8 Å². The molecule has 0 aliphatic rings. The first kappa shape index (κ1) is 13.3. The smallest absolute Gasteiger partial charge is 0.329 e. The van der Waals surface area contributed by atoms with Crippen LogP contribution in [0.3, 0.4) is 0 Å². The summed E-state index contributed by atoms with van der Waals surface area (Å²) in [5.41, 5.74) is -1.25. The SMILES string of the molecule is C#Cc1ccc(C(=O)NC(C)(CC)C(=O)O)s1. The zero-order valence-corrected chi connectivity index (χ0v) is 10.4. The number of hydrogen-bond acceptors (Lipinski definition) is 3. The average molecular weight is 251 g/mol. The normalized spacial score (nSPS) is 13.5. The molecule has 0 fully saturated rings. The van der Waals surface area contributed by atoms with Gasteiger partial charge in [-0.05, 0) is 25.5 Å². The van der Waals surface area contributed by atoms with Crippen molar-refractivity contribution in [3.63, 3.8) is 0 Å². The number of rotatable bonds is 4. The number of carbonyl (C=O) groups excluding carboxylic acids is 1. The van der Waals surface area contributed by atoms with Gasteiger partial charge in [-0.1, -0.05) is 12.8 Å². The Kier molecular flexibility index (Phi) is 3.92. The minimum Gasteiger partial charge on any atom is -0.480 e. The van der Waals surface area contributed by atoms with Crippen LogP contribution in [0.4, 0.5) is 0 Å². The number of carboxylic acids is 1. The lowest BCUT2D eigenvalue weighted by Crippen LogP contribution is -2.51. The van der Waals surface area contributed by atoms with Crippen LogP contribution >= 0.6 is 11.3 Å². The quantitative estimate of drug-likeness (QED) is 0.801. The van der Waals surface area contributed by atoms with Gasteiger partial charge in [0.05, 0.1) is 9.75 Å². The Morgan fingerprint density at radius 2 is 2.24 bits per heavy atom. The van der Waals surface area contributed by atoms with Crippen LogP contribution in [0.2, 0.25) is 0 Å². The summed E-state index contributed by atoms with van der Waals surface area (Å²) in [4.78, 5) is 23.9. The Balaban J connectivity index is 2.86. The van der Waals surface area contributed by atoms with Gasteiger partial charge < -0.3 is 10.4 Å².